The van der Waals surface area contributed by atoms with E-state index in [0.29, 0.717) is 55.7 Å². The van der Waals surface area contributed by atoms with Crippen molar-refractivity contribution in [1.82, 2.24) is 4.98 Å². The lowest BCUT2D eigenvalue weighted by Gasteiger charge is -2.20. The van der Waals surface area contributed by atoms with Crippen molar-refractivity contribution < 1.29 is 24.5 Å². The van der Waals surface area contributed by atoms with Crippen LogP contribution >= 0.6 is 34.5 Å². The molecule has 2 aromatic carbocycles. The Balaban J connectivity index is 1.35. The average molecular weight is 547 g/mol. The molecule has 4 N–H and O–H groups in total. The minimum atomic E-state index is -1.19. The molecule has 1 aromatic heterocycles. The number of hydrogen-bond acceptors (Lipinski definition) is 7. The van der Waals surface area contributed by atoms with E-state index in [2.05, 4.69) is 4.98 Å². The summed E-state index contributed by atoms with van der Waals surface area (Å²) in [4.78, 5) is 28.9. The number of carbonyl (C=O) groups is 2. The average Bonchev–Trinajstić information content (AvgIpc) is 3.48. The van der Waals surface area contributed by atoms with Crippen LogP contribution < -0.4 is 5.73 Å². The van der Waals surface area contributed by atoms with Gasteiger partial charge in [-0.15, -0.1) is 11.3 Å². The van der Waals surface area contributed by atoms with Crippen LogP contribution in [0.25, 0.3) is 15.9 Å². The number of carboxylic acids is 1. The van der Waals surface area contributed by atoms with Crippen molar-refractivity contribution >= 4 is 62.2 Å². The number of nitrogens with two attached hydrogens (primary N) is 1. The third-order valence-electron chi connectivity index (χ3n) is 6.74. The van der Waals surface area contributed by atoms with Crippen LogP contribution in [0.5, 0.6) is 0 Å². The van der Waals surface area contributed by atoms with Gasteiger partial charge in [0.2, 0.25) is 0 Å². The number of halogens is 2. The van der Waals surface area contributed by atoms with Gasteiger partial charge in [-0.1, -0.05) is 29.3 Å². The molecule has 2 aliphatic carbocycles. The highest BCUT2D eigenvalue weighted by molar-refractivity contribution is 7.18. The fraction of sp³-hybridized carbons (Fsp3) is 0.346. The summed E-state index contributed by atoms with van der Waals surface area (Å²) in [5.41, 5.74) is 7.04. The molecule has 0 spiro atoms. The number of ketones is 1. The molecule has 1 heterocycles. The molecule has 3 aromatic rings. The molecule has 0 saturated heterocycles. The Hall–Kier alpha value is -2.49. The summed E-state index contributed by atoms with van der Waals surface area (Å²) >= 11 is 14.0. The summed E-state index contributed by atoms with van der Waals surface area (Å²) in [5, 5.41) is 21.8. The molecule has 0 amide bonds. The van der Waals surface area contributed by atoms with Crippen LogP contribution in [-0.4, -0.2) is 39.7 Å². The topological polar surface area (TPSA) is 123 Å². The van der Waals surface area contributed by atoms with Gasteiger partial charge in [-0.05, 0) is 56.0 Å². The molecule has 36 heavy (non-hydrogen) atoms. The van der Waals surface area contributed by atoms with E-state index in [-0.39, 0.29) is 35.7 Å². The van der Waals surface area contributed by atoms with E-state index in [1.54, 1.807) is 30.3 Å². The molecule has 2 atom stereocenters. The molecule has 0 aliphatic heterocycles. The predicted molar refractivity (Wildman–Crippen MR) is 139 cm³/mol. The number of Topliss-reactive ketones (excluding diaryl/α,β-unsaturated/α-hetero) is 1. The fourth-order valence-electron chi connectivity index (χ4n) is 4.55. The van der Waals surface area contributed by atoms with E-state index in [9.17, 15) is 19.8 Å². The van der Waals surface area contributed by atoms with Crippen molar-refractivity contribution in [3.63, 3.8) is 0 Å². The van der Waals surface area contributed by atoms with Gasteiger partial charge < -0.3 is 20.7 Å². The highest BCUT2D eigenvalue weighted by Crippen LogP contribution is 2.43. The summed E-state index contributed by atoms with van der Waals surface area (Å²) < 4.78 is 6.82. The van der Waals surface area contributed by atoms with Crippen LogP contribution in [0.4, 0.5) is 0 Å². The zero-order chi connectivity index (χ0) is 25.6. The standard InChI is InChI=1S/C26H24Cl2N2O5S/c27-17-2-1-3-18(28)21(17)22(29)16(23(31)13-4-5-13)12-35-15-8-9-26(34,11-15)25-30-19-7-6-14(24(32)33)10-20(19)36-25/h1-3,6-7,10,13,15,34H,4-5,8-9,11-12,29H2,(H,32,33). The number of fused-ring (bicyclic) bond motifs is 1. The number of aliphatic hydroxyl groups is 1. The van der Waals surface area contributed by atoms with Crippen LogP contribution in [0.1, 0.15) is 53.0 Å². The van der Waals surface area contributed by atoms with E-state index in [1.807, 2.05) is 0 Å². The maximum absolute atomic E-state index is 13.1. The lowest BCUT2D eigenvalue weighted by molar-refractivity contribution is -0.117. The molecule has 5 rings (SSSR count). The molecule has 7 nitrogen and oxygen atoms in total. The van der Waals surface area contributed by atoms with E-state index >= 15 is 0 Å². The Morgan fingerprint density at radius 2 is 1.89 bits per heavy atom. The van der Waals surface area contributed by atoms with Gasteiger partial charge in [0.1, 0.15) is 10.6 Å². The van der Waals surface area contributed by atoms with Gasteiger partial charge in [-0.3, -0.25) is 4.79 Å². The number of aromatic nitrogens is 1. The first-order valence-corrected chi connectivity index (χ1v) is 13.2. The van der Waals surface area contributed by atoms with E-state index < -0.39 is 11.6 Å². The number of carboxylic acid groups (broad SMARTS) is 1. The minimum Gasteiger partial charge on any atom is -0.478 e. The molecule has 10 heteroatoms. The van der Waals surface area contributed by atoms with Crippen molar-refractivity contribution in [2.75, 3.05) is 6.61 Å². The molecule has 2 aliphatic rings. The van der Waals surface area contributed by atoms with Crippen LogP contribution in [0.15, 0.2) is 42.0 Å². The molecule has 188 valence electrons. The lowest BCUT2D eigenvalue weighted by Crippen LogP contribution is -2.24. The number of hydrogen-bond donors (Lipinski definition) is 3. The Morgan fingerprint density at radius 3 is 2.56 bits per heavy atom. The lowest BCUT2D eigenvalue weighted by atomic mass is 10.0. The second-order valence-electron chi connectivity index (χ2n) is 9.34. The first-order chi connectivity index (χ1) is 17.2. The van der Waals surface area contributed by atoms with Gasteiger partial charge in [0.05, 0.1) is 44.2 Å². The van der Waals surface area contributed by atoms with Gasteiger partial charge >= 0.3 is 5.97 Å². The highest BCUT2D eigenvalue weighted by Gasteiger charge is 2.42. The number of ether oxygens (including phenoxy) is 1. The maximum Gasteiger partial charge on any atom is 0.335 e. The normalized spacial score (nSPS) is 22.6. The number of rotatable bonds is 8. The van der Waals surface area contributed by atoms with Gasteiger partial charge in [0.25, 0.3) is 0 Å². The molecule has 0 radical (unpaired) electrons. The van der Waals surface area contributed by atoms with Crippen LogP contribution in [0.2, 0.25) is 10.0 Å². The molecule has 2 unspecified atom stereocenters. The van der Waals surface area contributed by atoms with Crippen molar-refractivity contribution in [2.45, 2.75) is 43.8 Å². The zero-order valence-corrected chi connectivity index (χ0v) is 21.5. The van der Waals surface area contributed by atoms with Gasteiger partial charge in [-0.25, -0.2) is 9.78 Å². The first-order valence-electron chi connectivity index (χ1n) is 11.6. The van der Waals surface area contributed by atoms with Crippen molar-refractivity contribution in [2.24, 2.45) is 11.7 Å². The summed E-state index contributed by atoms with van der Waals surface area (Å²) in [7, 11) is 0. The molecule has 2 fully saturated rings. The zero-order valence-electron chi connectivity index (χ0n) is 19.2. The number of thiazole rings is 1. The van der Waals surface area contributed by atoms with E-state index in [0.717, 1.165) is 12.8 Å². The summed E-state index contributed by atoms with van der Waals surface area (Å²) in [6, 6.07) is 9.76. The van der Waals surface area contributed by atoms with Gasteiger partial charge in [0.15, 0.2) is 5.78 Å². The van der Waals surface area contributed by atoms with Crippen LogP contribution in [0.3, 0.4) is 0 Å². The van der Waals surface area contributed by atoms with E-state index in [4.69, 9.17) is 33.7 Å². The van der Waals surface area contributed by atoms with Crippen LogP contribution in [-0.2, 0) is 15.1 Å². The van der Waals surface area contributed by atoms with Crippen molar-refractivity contribution in [1.29, 1.82) is 0 Å². The second-order valence-corrected chi connectivity index (χ2v) is 11.2. The molecular weight excluding hydrogens is 523 g/mol. The number of nitrogens with zero attached hydrogens (tertiary/aromatic N) is 1. The third-order valence-corrected chi connectivity index (χ3v) is 8.59. The first kappa shape index (κ1) is 25.2. The van der Waals surface area contributed by atoms with E-state index in [1.165, 1.54) is 17.4 Å². The third kappa shape index (κ3) is 4.88. The minimum absolute atomic E-state index is 0.00865. The van der Waals surface area contributed by atoms with Crippen molar-refractivity contribution in [3.8, 4) is 0 Å². The monoisotopic (exact) mass is 546 g/mol. The van der Waals surface area contributed by atoms with Gasteiger partial charge in [-0.2, -0.15) is 0 Å². The molecule has 2 saturated carbocycles. The largest absolute Gasteiger partial charge is 0.478 e. The Kier molecular flexibility index (Phi) is 6.82. The molecule has 0 bridgehead atoms. The second kappa shape index (κ2) is 9.76. The fourth-order valence-corrected chi connectivity index (χ4v) is 6.29. The Morgan fingerprint density at radius 1 is 1.17 bits per heavy atom. The molecular formula is C26H24Cl2N2O5S. The number of benzene rings is 2. The maximum atomic E-state index is 13.1. The highest BCUT2D eigenvalue weighted by atomic mass is 35.5. The summed E-state index contributed by atoms with van der Waals surface area (Å²) in [5.74, 6) is -1.14. The van der Waals surface area contributed by atoms with Gasteiger partial charge in [0, 0.05) is 23.5 Å². The number of carbonyl (C=O) groups excluding carboxylic acids is 1. The van der Waals surface area contributed by atoms with Crippen LogP contribution in [0, 0.1) is 5.92 Å². The smallest absolute Gasteiger partial charge is 0.335 e. The Bertz CT molecular complexity index is 1380. The summed E-state index contributed by atoms with van der Waals surface area (Å²) in [6.07, 6.45) is 2.63. The SMILES string of the molecule is NC(=C(COC1CCC(O)(c2nc3ccc(C(=O)O)cc3s2)C1)C(=O)C1CC1)c1c(Cl)cccc1Cl. The Labute approximate surface area is 221 Å². The summed E-state index contributed by atoms with van der Waals surface area (Å²) in [6.45, 7) is -0.00865. The number of aromatic carboxylic acids is 1. The van der Waals surface area contributed by atoms with Crippen molar-refractivity contribution in [3.05, 3.63) is 68.2 Å². The predicted octanol–water partition coefficient (Wildman–Crippen LogP) is 5.41. The quantitative estimate of drug-likeness (QED) is 0.323.